The molecule has 0 heterocycles. The number of fused-ring (bicyclic) bond motifs is 5. The third kappa shape index (κ3) is 12.2. The molecule has 0 aliphatic heterocycles. The number of hydrogen-bond donors (Lipinski definition) is 0. The van der Waals surface area contributed by atoms with Crippen molar-refractivity contribution in [3.8, 4) is 11.5 Å². The first-order valence-electron chi connectivity index (χ1n) is 24.4. The van der Waals surface area contributed by atoms with Crippen molar-refractivity contribution in [3.63, 3.8) is 0 Å². The van der Waals surface area contributed by atoms with Gasteiger partial charge in [-0.15, -0.1) is 0 Å². The van der Waals surface area contributed by atoms with E-state index in [0.29, 0.717) is 18.4 Å². The molecule has 2 aromatic rings. The van der Waals surface area contributed by atoms with Gasteiger partial charge in [0.1, 0.15) is 17.6 Å². The zero-order valence-electron chi connectivity index (χ0n) is 38.0. The Hall–Kier alpha value is -3.15. The lowest BCUT2D eigenvalue weighted by Crippen LogP contribution is -2.51. The van der Waals surface area contributed by atoms with E-state index in [0.717, 1.165) is 104 Å². The number of carbonyl (C=O) groups excluding carboxylic acids is 1. The van der Waals surface area contributed by atoms with Crippen molar-refractivity contribution in [2.75, 3.05) is 13.2 Å². The van der Waals surface area contributed by atoms with Gasteiger partial charge in [-0.3, -0.25) is 4.79 Å². The number of azo groups is 1. The van der Waals surface area contributed by atoms with Crippen molar-refractivity contribution in [1.82, 2.24) is 0 Å². The normalized spacial score (nSPS) is 28.1. The number of allylic oxidation sites excluding steroid dienone is 1. The Bertz CT molecular complexity index is 1630. The lowest BCUT2D eigenvalue weighted by atomic mass is 9.47. The van der Waals surface area contributed by atoms with Gasteiger partial charge in [-0.2, -0.15) is 10.2 Å². The van der Waals surface area contributed by atoms with Crippen LogP contribution < -0.4 is 9.47 Å². The Morgan fingerprint density at radius 3 is 1.98 bits per heavy atom. The average molecular weight is 809 g/mol. The number of carbonyl (C=O) groups is 1. The molecule has 0 spiro atoms. The van der Waals surface area contributed by atoms with Crippen LogP contribution in [0.25, 0.3) is 0 Å². The number of nitrogens with zero attached hydrogens (tertiary/aromatic N) is 2. The highest BCUT2D eigenvalue weighted by atomic mass is 16.5. The SMILES string of the molecule is CCCCCCCCOc1ccc(N=Nc2ccc(OCCCCCC(=O)O[C@H]3CC[C@@]4(C)C(=CC[C@H]5[C@@H]6CC[C@H]([C@H](C)CCCC(C)C)[C@@]6(C)CC[C@@H]54)C3)cc2)cc1. The van der Waals surface area contributed by atoms with E-state index in [9.17, 15) is 4.79 Å². The molecule has 4 aliphatic carbocycles. The molecule has 3 saturated carbocycles. The minimum absolute atomic E-state index is 0.0284. The van der Waals surface area contributed by atoms with E-state index in [-0.39, 0.29) is 17.5 Å². The molecule has 0 aromatic heterocycles. The average Bonchev–Trinajstić information content (AvgIpc) is 3.59. The highest BCUT2D eigenvalue weighted by molar-refractivity contribution is 5.69. The van der Waals surface area contributed by atoms with Gasteiger partial charge in [0, 0.05) is 12.8 Å². The molecule has 59 heavy (non-hydrogen) atoms. The van der Waals surface area contributed by atoms with Crippen LogP contribution in [-0.2, 0) is 9.53 Å². The molecule has 2 aromatic carbocycles. The van der Waals surface area contributed by atoms with E-state index in [1.807, 2.05) is 48.5 Å². The predicted molar refractivity (Wildman–Crippen MR) is 243 cm³/mol. The second-order valence-electron chi connectivity index (χ2n) is 20.1. The van der Waals surface area contributed by atoms with Gasteiger partial charge in [-0.25, -0.2) is 0 Å². The van der Waals surface area contributed by atoms with Crippen LogP contribution in [0, 0.1) is 46.3 Å². The van der Waals surface area contributed by atoms with Crippen LogP contribution in [0.2, 0.25) is 0 Å². The Morgan fingerprint density at radius 1 is 0.712 bits per heavy atom. The van der Waals surface area contributed by atoms with Gasteiger partial charge in [-0.1, -0.05) is 105 Å². The topological polar surface area (TPSA) is 69.5 Å². The van der Waals surface area contributed by atoms with E-state index in [2.05, 4.69) is 57.8 Å². The maximum absolute atomic E-state index is 13.0. The summed E-state index contributed by atoms with van der Waals surface area (Å²) in [4.78, 5) is 13.0. The number of unbranched alkanes of at least 4 members (excludes halogenated alkanes) is 7. The summed E-state index contributed by atoms with van der Waals surface area (Å²) in [6.07, 6.45) is 27.6. The molecule has 0 N–H and O–H groups in total. The summed E-state index contributed by atoms with van der Waals surface area (Å²) < 4.78 is 18.0. The van der Waals surface area contributed by atoms with Gasteiger partial charge in [0.2, 0.25) is 0 Å². The molecule has 6 rings (SSSR count). The van der Waals surface area contributed by atoms with Crippen LogP contribution >= 0.6 is 0 Å². The van der Waals surface area contributed by atoms with E-state index >= 15 is 0 Å². The van der Waals surface area contributed by atoms with Crippen LogP contribution in [0.4, 0.5) is 11.4 Å². The molecule has 0 unspecified atom stereocenters. The molecule has 6 heteroatoms. The molecule has 0 bridgehead atoms. The van der Waals surface area contributed by atoms with Crippen LogP contribution in [0.5, 0.6) is 11.5 Å². The lowest BCUT2D eigenvalue weighted by molar-refractivity contribution is -0.151. The van der Waals surface area contributed by atoms with Gasteiger partial charge in [0.25, 0.3) is 0 Å². The first-order valence-corrected chi connectivity index (χ1v) is 24.4. The lowest BCUT2D eigenvalue weighted by Gasteiger charge is -2.58. The third-order valence-corrected chi connectivity index (χ3v) is 15.6. The minimum atomic E-state index is -0.0284. The summed E-state index contributed by atoms with van der Waals surface area (Å²) in [6, 6.07) is 15.5. The minimum Gasteiger partial charge on any atom is -0.494 e. The van der Waals surface area contributed by atoms with Crippen LogP contribution in [0.15, 0.2) is 70.4 Å². The monoisotopic (exact) mass is 809 g/mol. The fraction of sp³-hybridized carbons (Fsp3) is 0.717. The quantitative estimate of drug-likeness (QED) is 0.0485. The Balaban J connectivity index is 0.846. The zero-order valence-corrected chi connectivity index (χ0v) is 38.0. The summed E-state index contributed by atoms with van der Waals surface area (Å²) >= 11 is 0. The first kappa shape index (κ1) is 45.4. The number of benzene rings is 2. The van der Waals surface area contributed by atoms with Crippen molar-refractivity contribution in [1.29, 1.82) is 0 Å². The zero-order chi connectivity index (χ0) is 41.7. The van der Waals surface area contributed by atoms with Gasteiger partial charge >= 0.3 is 5.97 Å². The molecule has 4 aliphatic rings. The van der Waals surface area contributed by atoms with Crippen LogP contribution in [0.3, 0.4) is 0 Å². The van der Waals surface area contributed by atoms with Crippen LogP contribution in [-0.4, -0.2) is 25.3 Å². The number of rotatable bonds is 23. The summed E-state index contributed by atoms with van der Waals surface area (Å²) in [5, 5.41) is 8.77. The van der Waals surface area contributed by atoms with Gasteiger partial charge in [0.15, 0.2) is 0 Å². The number of esters is 1. The van der Waals surface area contributed by atoms with E-state index in [1.165, 1.54) is 89.9 Å². The molecule has 6 nitrogen and oxygen atoms in total. The maximum atomic E-state index is 13.0. The maximum Gasteiger partial charge on any atom is 0.306 e. The summed E-state index contributed by atoms with van der Waals surface area (Å²) in [7, 11) is 0. The highest BCUT2D eigenvalue weighted by Gasteiger charge is 2.59. The smallest absolute Gasteiger partial charge is 0.306 e. The largest absolute Gasteiger partial charge is 0.494 e. The number of hydrogen-bond acceptors (Lipinski definition) is 6. The van der Waals surface area contributed by atoms with Crippen molar-refractivity contribution >= 4 is 17.3 Å². The second kappa shape index (κ2) is 22.1. The first-order chi connectivity index (χ1) is 28.6. The summed E-state index contributed by atoms with van der Waals surface area (Å²) in [5.41, 5.74) is 3.99. The molecule has 3 fully saturated rings. The van der Waals surface area contributed by atoms with Crippen molar-refractivity contribution in [3.05, 3.63) is 60.2 Å². The van der Waals surface area contributed by atoms with Crippen molar-refractivity contribution < 1.29 is 19.0 Å². The van der Waals surface area contributed by atoms with Gasteiger partial charge in [0.05, 0.1) is 24.6 Å². The third-order valence-electron chi connectivity index (χ3n) is 15.6. The standard InChI is InChI=1S/C53H80N2O4/c1-7-8-9-10-11-14-36-57-44-25-21-42(22-26-44)54-55-43-23-27-45(28-24-43)58-37-15-12-13-19-51(56)59-46-32-34-52(5)41(38-46)20-29-47-49-31-30-48(40(4)18-16-17-39(2)3)53(49,6)35-33-50(47)52/h20-28,39-40,46-50H,7-19,29-38H2,1-6H3/t40-,46+,47+,48-,49+,50+,52+,53-/m1/s1. The predicted octanol–water partition coefficient (Wildman–Crippen LogP) is 15.7. The van der Waals surface area contributed by atoms with E-state index in [4.69, 9.17) is 14.2 Å². The van der Waals surface area contributed by atoms with Crippen LogP contribution in [0.1, 0.15) is 176 Å². The van der Waals surface area contributed by atoms with E-state index in [1.54, 1.807) is 5.57 Å². The second-order valence-corrected chi connectivity index (χ2v) is 20.1. The molecule has 326 valence electrons. The van der Waals surface area contributed by atoms with Crippen molar-refractivity contribution in [2.24, 2.45) is 56.6 Å². The van der Waals surface area contributed by atoms with Gasteiger partial charge in [-0.05, 0) is 165 Å². The molecular formula is C53H80N2O4. The number of ether oxygens (including phenoxy) is 3. The fourth-order valence-corrected chi connectivity index (χ4v) is 12.1. The Kier molecular flexibility index (Phi) is 17.0. The molecule has 8 atom stereocenters. The fourth-order valence-electron chi connectivity index (χ4n) is 12.1. The molecule has 0 saturated heterocycles. The van der Waals surface area contributed by atoms with Gasteiger partial charge < -0.3 is 14.2 Å². The molecule has 0 radical (unpaired) electrons. The summed E-state index contributed by atoms with van der Waals surface area (Å²) in [6.45, 7) is 16.2. The molecular weight excluding hydrogens is 729 g/mol. The highest BCUT2D eigenvalue weighted by Crippen LogP contribution is 2.67. The van der Waals surface area contributed by atoms with E-state index < -0.39 is 0 Å². The summed E-state index contributed by atoms with van der Waals surface area (Å²) in [5.74, 6) is 6.76. The Morgan fingerprint density at radius 2 is 1.34 bits per heavy atom. The Labute approximate surface area is 359 Å². The van der Waals surface area contributed by atoms with Crippen molar-refractivity contribution in [2.45, 2.75) is 182 Å². The molecule has 0 amide bonds.